The Balaban J connectivity index is 2.17. The van der Waals surface area contributed by atoms with Crippen molar-refractivity contribution in [2.45, 2.75) is 39.2 Å². The number of carbonyl (C=O) groups excluding carboxylic acids is 1. The number of hydrogen-bond acceptors (Lipinski definition) is 5. The summed E-state index contributed by atoms with van der Waals surface area (Å²) in [6.45, 7) is 6.05. The topological polar surface area (TPSA) is 85.6 Å². The number of hydrogen-bond donors (Lipinski definition) is 0. The zero-order valence-corrected chi connectivity index (χ0v) is 12.9. The van der Waals surface area contributed by atoms with Gasteiger partial charge in [-0.05, 0) is 55.2 Å². The van der Waals surface area contributed by atoms with Crippen molar-refractivity contribution in [3.05, 3.63) is 40.2 Å². The first-order valence-corrected chi connectivity index (χ1v) is 7.07. The van der Waals surface area contributed by atoms with Gasteiger partial charge in [0.05, 0.1) is 0 Å². The van der Waals surface area contributed by atoms with Crippen LogP contribution in [0.4, 0.5) is 10.6 Å². The van der Waals surface area contributed by atoms with Gasteiger partial charge in [0, 0.05) is 24.4 Å². The lowest BCUT2D eigenvalue weighted by molar-refractivity contribution is -0.389. The van der Waals surface area contributed by atoms with Crippen molar-refractivity contribution >= 4 is 17.5 Å². The summed E-state index contributed by atoms with van der Waals surface area (Å²) in [5, 5.41) is 10.6. The van der Waals surface area contributed by atoms with Crippen molar-refractivity contribution in [3.8, 4) is 0 Å². The van der Waals surface area contributed by atoms with E-state index in [0.29, 0.717) is 6.54 Å². The van der Waals surface area contributed by atoms with E-state index in [0.717, 1.165) is 24.0 Å². The van der Waals surface area contributed by atoms with Crippen LogP contribution >= 0.6 is 0 Å². The van der Waals surface area contributed by atoms with E-state index in [1.165, 1.54) is 17.2 Å². The molecule has 118 valence electrons. The van der Waals surface area contributed by atoms with Gasteiger partial charge >= 0.3 is 11.9 Å². The second-order valence-corrected chi connectivity index (χ2v) is 6.09. The normalized spacial score (nSPS) is 15.2. The standard InChI is InChI=1S/C15H19N3O4/c1-15(2,3)22-14(19)17-8-4-5-12(10-17)11-6-7-13(16-9-11)18(20)21/h6-7,9-10H,4-5,8H2,1-3H3. The quantitative estimate of drug-likeness (QED) is 0.617. The van der Waals surface area contributed by atoms with E-state index in [2.05, 4.69) is 4.98 Å². The second kappa shape index (κ2) is 6.13. The Morgan fingerprint density at radius 3 is 2.68 bits per heavy atom. The SMILES string of the molecule is CC(C)(C)OC(=O)N1C=C(c2ccc([N+](=O)[O-])nc2)CCC1. The number of amides is 1. The number of carbonyl (C=O) groups is 1. The van der Waals surface area contributed by atoms with Crippen molar-refractivity contribution in [2.24, 2.45) is 0 Å². The molecular formula is C15H19N3O4. The van der Waals surface area contributed by atoms with E-state index >= 15 is 0 Å². The smallest absolute Gasteiger partial charge is 0.414 e. The van der Waals surface area contributed by atoms with Crippen molar-refractivity contribution in [1.29, 1.82) is 0 Å². The van der Waals surface area contributed by atoms with Crippen LogP contribution in [-0.2, 0) is 4.74 Å². The maximum Gasteiger partial charge on any atom is 0.414 e. The van der Waals surface area contributed by atoms with Crippen molar-refractivity contribution in [2.75, 3.05) is 6.54 Å². The molecule has 0 fully saturated rings. The van der Waals surface area contributed by atoms with E-state index < -0.39 is 10.5 Å². The predicted octanol–water partition coefficient (Wildman–Crippen LogP) is 3.36. The Labute approximate surface area is 128 Å². The third-order valence-corrected chi connectivity index (χ3v) is 3.09. The summed E-state index contributed by atoms with van der Waals surface area (Å²) in [7, 11) is 0. The van der Waals surface area contributed by atoms with Crippen LogP contribution in [0.2, 0.25) is 0 Å². The molecule has 2 rings (SSSR count). The van der Waals surface area contributed by atoms with Crippen LogP contribution in [0.15, 0.2) is 24.5 Å². The van der Waals surface area contributed by atoms with Crippen LogP contribution in [-0.4, -0.2) is 33.0 Å². The number of aromatic nitrogens is 1. The fourth-order valence-electron chi connectivity index (χ4n) is 2.12. The van der Waals surface area contributed by atoms with Crippen LogP contribution in [0.3, 0.4) is 0 Å². The molecule has 2 heterocycles. The Morgan fingerprint density at radius 2 is 2.14 bits per heavy atom. The lowest BCUT2D eigenvalue weighted by Crippen LogP contribution is -2.35. The molecule has 0 radical (unpaired) electrons. The Morgan fingerprint density at radius 1 is 1.41 bits per heavy atom. The molecule has 22 heavy (non-hydrogen) atoms. The van der Waals surface area contributed by atoms with Gasteiger partial charge in [-0.2, -0.15) is 0 Å². The van der Waals surface area contributed by atoms with Gasteiger partial charge < -0.3 is 14.9 Å². The molecule has 1 aliphatic rings. The number of pyridine rings is 1. The Hall–Kier alpha value is -2.44. The van der Waals surface area contributed by atoms with Crippen LogP contribution in [0.25, 0.3) is 5.57 Å². The number of nitro groups is 1. The highest BCUT2D eigenvalue weighted by Crippen LogP contribution is 2.26. The summed E-state index contributed by atoms with van der Waals surface area (Å²) < 4.78 is 5.35. The van der Waals surface area contributed by atoms with Crippen LogP contribution in [0.1, 0.15) is 39.2 Å². The average Bonchev–Trinajstić information content (AvgIpc) is 2.46. The van der Waals surface area contributed by atoms with Gasteiger partial charge in [-0.25, -0.2) is 4.79 Å². The average molecular weight is 305 g/mol. The lowest BCUT2D eigenvalue weighted by atomic mass is 10.0. The maximum absolute atomic E-state index is 12.1. The number of ether oxygens (including phenoxy) is 1. The summed E-state index contributed by atoms with van der Waals surface area (Å²) in [6, 6.07) is 3.01. The highest BCUT2D eigenvalue weighted by molar-refractivity contribution is 5.75. The summed E-state index contributed by atoms with van der Waals surface area (Å²) in [6.07, 6.45) is 4.41. The minimum atomic E-state index is -0.544. The molecule has 0 bridgehead atoms. The molecule has 7 nitrogen and oxygen atoms in total. The molecule has 0 saturated carbocycles. The molecule has 0 atom stereocenters. The Kier molecular flexibility index (Phi) is 4.44. The first kappa shape index (κ1) is 15.9. The monoisotopic (exact) mass is 305 g/mol. The summed E-state index contributed by atoms with van der Waals surface area (Å²) in [4.78, 5) is 27.5. The molecule has 0 spiro atoms. The highest BCUT2D eigenvalue weighted by atomic mass is 16.6. The van der Waals surface area contributed by atoms with Crippen molar-refractivity contribution in [3.63, 3.8) is 0 Å². The first-order chi connectivity index (χ1) is 10.3. The van der Waals surface area contributed by atoms with E-state index in [4.69, 9.17) is 4.74 Å². The molecule has 0 aliphatic carbocycles. The van der Waals surface area contributed by atoms with Gasteiger partial charge in [-0.1, -0.05) is 0 Å². The predicted molar refractivity (Wildman–Crippen MR) is 81.0 cm³/mol. The third kappa shape index (κ3) is 4.03. The molecule has 0 unspecified atom stereocenters. The molecule has 1 aromatic rings. The van der Waals surface area contributed by atoms with Gasteiger partial charge in [-0.15, -0.1) is 0 Å². The fraction of sp³-hybridized carbons (Fsp3) is 0.467. The van der Waals surface area contributed by atoms with Crippen LogP contribution in [0.5, 0.6) is 0 Å². The molecule has 1 aliphatic heterocycles. The fourth-order valence-corrected chi connectivity index (χ4v) is 2.12. The first-order valence-electron chi connectivity index (χ1n) is 7.07. The van der Waals surface area contributed by atoms with Gasteiger partial charge in [0.1, 0.15) is 11.8 Å². The van der Waals surface area contributed by atoms with E-state index in [1.54, 1.807) is 12.3 Å². The zero-order chi connectivity index (χ0) is 16.3. The molecule has 0 saturated heterocycles. The summed E-state index contributed by atoms with van der Waals surface area (Å²) >= 11 is 0. The van der Waals surface area contributed by atoms with Gasteiger partial charge in [0.15, 0.2) is 0 Å². The highest BCUT2D eigenvalue weighted by Gasteiger charge is 2.24. The van der Waals surface area contributed by atoms with Gasteiger partial charge in [0.25, 0.3) is 0 Å². The number of nitrogens with zero attached hydrogens (tertiary/aromatic N) is 3. The largest absolute Gasteiger partial charge is 0.443 e. The van der Waals surface area contributed by atoms with Gasteiger partial charge in [-0.3, -0.25) is 4.90 Å². The van der Waals surface area contributed by atoms with Crippen molar-refractivity contribution in [1.82, 2.24) is 9.88 Å². The molecule has 0 N–H and O–H groups in total. The summed E-state index contributed by atoms with van der Waals surface area (Å²) in [5.74, 6) is -0.191. The minimum Gasteiger partial charge on any atom is -0.443 e. The molecular weight excluding hydrogens is 286 g/mol. The third-order valence-electron chi connectivity index (χ3n) is 3.09. The maximum atomic E-state index is 12.1. The number of rotatable bonds is 2. The molecule has 7 heteroatoms. The van der Waals surface area contributed by atoms with E-state index in [-0.39, 0.29) is 11.9 Å². The molecule has 0 aromatic carbocycles. The lowest BCUT2D eigenvalue weighted by Gasteiger charge is -2.28. The minimum absolute atomic E-state index is 0.191. The number of allylic oxidation sites excluding steroid dienone is 1. The Bertz CT molecular complexity index is 602. The second-order valence-electron chi connectivity index (χ2n) is 6.09. The summed E-state index contributed by atoms with van der Waals surface area (Å²) in [5.41, 5.74) is 1.15. The van der Waals surface area contributed by atoms with E-state index in [1.807, 2.05) is 20.8 Å². The van der Waals surface area contributed by atoms with E-state index in [9.17, 15) is 14.9 Å². The van der Waals surface area contributed by atoms with Crippen LogP contribution in [0, 0.1) is 10.1 Å². The molecule has 1 aromatic heterocycles. The van der Waals surface area contributed by atoms with Gasteiger partial charge in [0.2, 0.25) is 0 Å². The zero-order valence-electron chi connectivity index (χ0n) is 12.9. The van der Waals surface area contributed by atoms with Crippen molar-refractivity contribution < 1.29 is 14.5 Å². The molecule has 1 amide bonds. The van der Waals surface area contributed by atoms with Crippen LogP contribution < -0.4 is 0 Å².